The molecule has 0 spiro atoms. The number of carbonyl (C=O) groups is 1. The number of aliphatic imine (C=N–C) groups is 1. The van der Waals surface area contributed by atoms with Gasteiger partial charge in [-0.05, 0) is 31.6 Å². The molecule has 0 aromatic heterocycles. The Balaban J connectivity index is 2.31. The maximum absolute atomic E-state index is 11.6. The molecule has 1 atom stereocenters. The minimum absolute atomic E-state index is 0.0521. The van der Waals surface area contributed by atoms with Crippen molar-refractivity contribution in [3.63, 3.8) is 0 Å². The lowest BCUT2D eigenvalue weighted by Gasteiger charge is -2.28. The van der Waals surface area contributed by atoms with Gasteiger partial charge in [0.15, 0.2) is 5.96 Å². The van der Waals surface area contributed by atoms with E-state index in [9.17, 15) is 4.79 Å². The molecule has 6 heteroatoms. The van der Waals surface area contributed by atoms with Gasteiger partial charge in [-0.1, -0.05) is 20.8 Å². The number of ether oxygens (including phenoxy) is 1. The van der Waals surface area contributed by atoms with Gasteiger partial charge < -0.3 is 20.7 Å². The Kier molecular flexibility index (Phi) is 8.37. The maximum Gasteiger partial charge on any atom is 0.220 e. The molecule has 0 aromatic carbocycles. The van der Waals surface area contributed by atoms with Gasteiger partial charge >= 0.3 is 0 Å². The minimum atomic E-state index is 0.0521. The van der Waals surface area contributed by atoms with Crippen molar-refractivity contribution in [1.29, 1.82) is 0 Å². The maximum atomic E-state index is 11.6. The highest BCUT2D eigenvalue weighted by molar-refractivity contribution is 5.80. The smallest absolute Gasteiger partial charge is 0.220 e. The van der Waals surface area contributed by atoms with Crippen LogP contribution in [-0.4, -0.2) is 50.8 Å². The highest BCUT2D eigenvalue weighted by Crippen LogP contribution is 2.21. The summed E-state index contributed by atoms with van der Waals surface area (Å²) in [4.78, 5) is 16.2. The van der Waals surface area contributed by atoms with Crippen LogP contribution in [0.1, 0.15) is 53.4 Å². The molecule has 0 aliphatic heterocycles. The molecule has 0 aromatic rings. The lowest BCUT2D eigenvalue weighted by molar-refractivity contribution is -0.121. The van der Waals surface area contributed by atoms with Crippen molar-refractivity contribution >= 4 is 11.9 Å². The van der Waals surface area contributed by atoms with Crippen LogP contribution >= 0.6 is 0 Å². The fourth-order valence-corrected chi connectivity index (χ4v) is 2.20. The SMILES string of the molecule is CCNC(=NCC(OC)C(C)(C)C)NCCCC(=O)NC1CC1. The monoisotopic (exact) mass is 326 g/mol. The summed E-state index contributed by atoms with van der Waals surface area (Å²) in [6.07, 6.45) is 3.70. The topological polar surface area (TPSA) is 74.8 Å². The summed E-state index contributed by atoms with van der Waals surface area (Å²) >= 11 is 0. The summed E-state index contributed by atoms with van der Waals surface area (Å²) in [5, 5.41) is 9.51. The Hall–Kier alpha value is -1.30. The van der Waals surface area contributed by atoms with Crippen LogP contribution in [0.25, 0.3) is 0 Å². The van der Waals surface area contributed by atoms with Crippen molar-refractivity contribution in [2.24, 2.45) is 10.4 Å². The highest BCUT2D eigenvalue weighted by Gasteiger charge is 2.24. The zero-order valence-corrected chi connectivity index (χ0v) is 15.4. The number of guanidine groups is 1. The van der Waals surface area contributed by atoms with E-state index in [-0.39, 0.29) is 17.4 Å². The Morgan fingerprint density at radius 3 is 2.52 bits per heavy atom. The van der Waals surface area contributed by atoms with Gasteiger partial charge in [0, 0.05) is 32.7 Å². The molecule has 1 amide bonds. The van der Waals surface area contributed by atoms with Crippen molar-refractivity contribution in [2.45, 2.75) is 65.5 Å². The second-order valence-corrected chi connectivity index (χ2v) is 7.18. The third-order valence-corrected chi connectivity index (χ3v) is 3.83. The third kappa shape index (κ3) is 8.79. The van der Waals surface area contributed by atoms with Gasteiger partial charge in [0.2, 0.25) is 5.91 Å². The molecule has 3 N–H and O–H groups in total. The standard InChI is InChI=1S/C17H34N4O2/c1-6-18-16(20-12-14(23-5)17(2,3)4)19-11-7-8-15(22)21-13-9-10-13/h13-14H,6-12H2,1-5H3,(H,21,22)(H2,18,19,20). The van der Waals surface area contributed by atoms with E-state index in [1.807, 2.05) is 6.92 Å². The molecule has 1 unspecified atom stereocenters. The van der Waals surface area contributed by atoms with E-state index in [0.29, 0.717) is 19.0 Å². The number of carbonyl (C=O) groups excluding carboxylic acids is 1. The summed E-state index contributed by atoms with van der Waals surface area (Å²) in [6.45, 7) is 10.6. The van der Waals surface area contributed by atoms with E-state index in [0.717, 1.165) is 38.3 Å². The number of rotatable bonds is 9. The van der Waals surface area contributed by atoms with E-state index in [4.69, 9.17) is 4.74 Å². The molecule has 134 valence electrons. The summed E-state index contributed by atoms with van der Waals surface area (Å²) in [5.74, 6) is 0.935. The van der Waals surface area contributed by atoms with Crippen LogP contribution < -0.4 is 16.0 Å². The molecular weight excluding hydrogens is 292 g/mol. The number of nitrogens with one attached hydrogen (secondary N) is 3. The van der Waals surface area contributed by atoms with E-state index in [2.05, 4.69) is 41.7 Å². The predicted octanol–water partition coefficient (Wildman–Crippen LogP) is 1.66. The van der Waals surface area contributed by atoms with Crippen LogP contribution in [0, 0.1) is 5.41 Å². The Labute approximate surface area is 140 Å². The number of hydrogen-bond donors (Lipinski definition) is 3. The molecule has 0 bridgehead atoms. The Bertz CT molecular complexity index is 387. The van der Waals surface area contributed by atoms with E-state index >= 15 is 0 Å². The van der Waals surface area contributed by atoms with Crippen LogP contribution in [0.2, 0.25) is 0 Å². The first kappa shape index (κ1) is 19.7. The molecule has 23 heavy (non-hydrogen) atoms. The zero-order chi connectivity index (χ0) is 17.3. The fourth-order valence-electron chi connectivity index (χ4n) is 2.20. The van der Waals surface area contributed by atoms with Crippen LogP contribution in [0.3, 0.4) is 0 Å². The van der Waals surface area contributed by atoms with E-state index < -0.39 is 0 Å². The van der Waals surface area contributed by atoms with Gasteiger partial charge in [-0.15, -0.1) is 0 Å². The molecule has 6 nitrogen and oxygen atoms in total. The average molecular weight is 326 g/mol. The first-order chi connectivity index (χ1) is 10.9. The largest absolute Gasteiger partial charge is 0.379 e. The van der Waals surface area contributed by atoms with Crippen LogP contribution in [0.15, 0.2) is 4.99 Å². The molecule has 0 heterocycles. The Morgan fingerprint density at radius 1 is 1.30 bits per heavy atom. The van der Waals surface area contributed by atoms with Crippen LogP contribution in [-0.2, 0) is 9.53 Å². The first-order valence-corrected chi connectivity index (χ1v) is 8.71. The molecule has 1 rings (SSSR count). The zero-order valence-electron chi connectivity index (χ0n) is 15.4. The van der Waals surface area contributed by atoms with E-state index in [1.54, 1.807) is 7.11 Å². The molecular formula is C17H34N4O2. The second-order valence-electron chi connectivity index (χ2n) is 7.18. The molecule has 0 saturated heterocycles. The molecule has 1 fully saturated rings. The average Bonchev–Trinajstić information content (AvgIpc) is 3.26. The molecule has 0 radical (unpaired) electrons. The van der Waals surface area contributed by atoms with Crippen molar-refractivity contribution in [2.75, 3.05) is 26.7 Å². The minimum Gasteiger partial charge on any atom is -0.379 e. The molecule has 1 aliphatic carbocycles. The molecule has 1 aliphatic rings. The van der Waals surface area contributed by atoms with Crippen molar-refractivity contribution < 1.29 is 9.53 Å². The second kappa shape index (κ2) is 9.75. The van der Waals surface area contributed by atoms with Gasteiger partial charge in [0.25, 0.3) is 0 Å². The summed E-state index contributed by atoms with van der Waals surface area (Å²) in [6, 6.07) is 0.442. The summed E-state index contributed by atoms with van der Waals surface area (Å²) in [5.41, 5.74) is 0.0521. The lowest BCUT2D eigenvalue weighted by Crippen LogP contribution is -2.40. The number of methoxy groups -OCH3 is 1. The normalized spacial score (nSPS) is 16.8. The summed E-state index contributed by atoms with van der Waals surface area (Å²) in [7, 11) is 1.73. The fraction of sp³-hybridized carbons (Fsp3) is 0.882. The highest BCUT2D eigenvalue weighted by atomic mass is 16.5. The Morgan fingerprint density at radius 2 is 2.00 bits per heavy atom. The van der Waals surface area contributed by atoms with Crippen molar-refractivity contribution in [3.8, 4) is 0 Å². The predicted molar refractivity (Wildman–Crippen MR) is 94.6 cm³/mol. The number of amides is 1. The molecule has 1 saturated carbocycles. The third-order valence-electron chi connectivity index (χ3n) is 3.83. The van der Waals surface area contributed by atoms with Crippen LogP contribution in [0.5, 0.6) is 0 Å². The first-order valence-electron chi connectivity index (χ1n) is 8.71. The number of nitrogens with zero attached hydrogens (tertiary/aromatic N) is 1. The number of hydrogen-bond acceptors (Lipinski definition) is 3. The van der Waals surface area contributed by atoms with Gasteiger partial charge in [-0.25, -0.2) is 0 Å². The van der Waals surface area contributed by atoms with Crippen molar-refractivity contribution in [1.82, 2.24) is 16.0 Å². The van der Waals surface area contributed by atoms with Gasteiger partial charge in [-0.3, -0.25) is 9.79 Å². The quantitative estimate of drug-likeness (QED) is 0.342. The van der Waals surface area contributed by atoms with Gasteiger partial charge in [0.1, 0.15) is 0 Å². The van der Waals surface area contributed by atoms with Crippen molar-refractivity contribution in [3.05, 3.63) is 0 Å². The lowest BCUT2D eigenvalue weighted by atomic mass is 9.89. The van der Waals surface area contributed by atoms with Crippen LogP contribution in [0.4, 0.5) is 0 Å². The van der Waals surface area contributed by atoms with Gasteiger partial charge in [-0.2, -0.15) is 0 Å². The van der Waals surface area contributed by atoms with Gasteiger partial charge in [0.05, 0.1) is 12.6 Å². The summed E-state index contributed by atoms with van der Waals surface area (Å²) < 4.78 is 5.53. The van der Waals surface area contributed by atoms with E-state index in [1.165, 1.54) is 0 Å².